The molecule has 1 aromatic rings. The molecule has 0 amide bonds. The van der Waals surface area contributed by atoms with Crippen molar-refractivity contribution in [3.05, 3.63) is 11.6 Å². The number of halogens is 2. The normalized spacial score (nSPS) is 11.2. The van der Waals surface area contributed by atoms with E-state index in [0.717, 1.165) is 5.82 Å². The van der Waals surface area contributed by atoms with Gasteiger partial charge < -0.3 is 5.73 Å². The Kier molecular flexibility index (Phi) is 6.46. The lowest BCUT2D eigenvalue weighted by Crippen LogP contribution is -2.06. The summed E-state index contributed by atoms with van der Waals surface area (Å²) in [5, 5.41) is 6.56. The van der Waals surface area contributed by atoms with Crippen molar-refractivity contribution in [1.82, 2.24) is 15.2 Å². The van der Waals surface area contributed by atoms with Gasteiger partial charge in [-0.25, -0.2) is 4.98 Å². The number of aromatic nitrogens is 3. The van der Waals surface area contributed by atoms with E-state index < -0.39 is 0 Å². The van der Waals surface area contributed by atoms with Gasteiger partial charge in [0.05, 0.1) is 6.04 Å². The van der Waals surface area contributed by atoms with Crippen LogP contribution in [0, 0.1) is 6.92 Å². The Bertz CT molecular complexity index is 198. The Balaban J connectivity index is 0. The molecule has 3 N–H and O–H groups in total. The SMILES string of the molecule is Cc1nc([C@H](C)N)n[nH]1.Cl.Cl. The molecule has 66 valence electrons. The number of H-pyrrole nitrogens is 1. The Morgan fingerprint density at radius 1 is 1.45 bits per heavy atom. The summed E-state index contributed by atoms with van der Waals surface area (Å²) in [5.41, 5.74) is 5.48. The third kappa shape index (κ3) is 3.55. The molecular weight excluding hydrogens is 187 g/mol. The summed E-state index contributed by atoms with van der Waals surface area (Å²) in [5.74, 6) is 1.48. The molecule has 1 atom stereocenters. The van der Waals surface area contributed by atoms with Crippen molar-refractivity contribution < 1.29 is 0 Å². The summed E-state index contributed by atoms with van der Waals surface area (Å²) < 4.78 is 0. The van der Waals surface area contributed by atoms with Gasteiger partial charge in [-0.05, 0) is 13.8 Å². The first kappa shape index (κ1) is 13.3. The fourth-order valence-electron chi connectivity index (χ4n) is 0.564. The van der Waals surface area contributed by atoms with Gasteiger partial charge in [0.15, 0.2) is 5.82 Å². The third-order valence-corrected chi connectivity index (χ3v) is 1.02. The minimum atomic E-state index is -0.0741. The van der Waals surface area contributed by atoms with Crippen LogP contribution in [0.15, 0.2) is 0 Å². The number of rotatable bonds is 1. The smallest absolute Gasteiger partial charge is 0.167 e. The van der Waals surface area contributed by atoms with Crippen LogP contribution in [-0.2, 0) is 0 Å². The predicted molar refractivity (Wildman–Crippen MR) is 48.2 cm³/mol. The summed E-state index contributed by atoms with van der Waals surface area (Å²) in [6.45, 7) is 3.70. The topological polar surface area (TPSA) is 67.6 Å². The summed E-state index contributed by atoms with van der Waals surface area (Å²) in [6, 6.07) is -0.0741. The zero-order valence-corrected chi connectivity index (χ0v) is 8.00. The van der Waals surface area contributed by atoms with Crippen LogP contribution < -0.4 is 5.73 Å². The van der Waals surface area contributed by atoms with Crippen molar-refractivity contribution >= 4 is 24.8 Å². The molecule has 0 radical (unpaired) electrons. The second kappa shape index (κ2) is 5.35. The maximum atomic E-state index is 5.48. The van der Waals surface area contributed by atoms with Gasteiger partial charge in [-0.2, -0.15) is 5.10 Å². The van der Waals surface area contributed by atoms with Gasteiger partial charge in [0.25, 0.3) is 0 Å². The van der Waals surface area contributed by atoms with E-state index in [1.165, 1.54) is 0 Å². The molecule has 4 nitrogen and oxygen atoms in total. The molecule has 11 heavy (non-hydrogen) atoms. The lowest BCUT2D eigenvalue weighted by atomic mass is 10.3. The molecule has 1 aromatic heterocycles. The fourth-order valence-corrected chi connectivity index (χ4v) is 0.564. The van der Waals surface area contributed by atoms with Crippen molar-refractivity contribution in [2.75, 3.05) is 0 Å². The fraction of sp³-hybridized carbons (Fsp3) is 0.600. The summed E-state index contributed by atoms with van der Waals surface area (Å²) in [4.78, 5) is 4.02. The molecule has 0 aliphatic carbocycles. The zero-order chi connectivity index (χ0) is 6.85. The molecule has 0 spiro atoms. The molecular formula is C5H12Cl2N4. The van der Waals surface area contributed by atoms with Crippen LogP contribution in [0.2, 0.25) is 0 Å². The minimum Gasteiger partial charge on any atom is -0.321 e. The molecule has 0 aliphatic heterocycles. The molecule has 0 fully saturated rings. The first-order chi connectivity index (χ1) is 4.20. The lowest BCUT2D eigenvalue weighted by molar-refractivity contribution is 0.745. The number of nitrogens with zero attached hydrogens (tertiary/aromatic N) is 2. The highest BCUT2D eigenvalue weighted by Crippen LogP contribution is 1.99. The number of aromatic amines is 1. The van der Waals surface area contributed by atoms with Gasteiger partial charge in [-0.1, -0.05) is 0 Å². The van der Waals surface area contributed by atoms with Crippen LogP contribution in [0.5, 0.6) is 0 Å². The Labute approximate surface area is 77.8 Å². The van der Waals surface area contributed by atoms with Gasteiger partial charge in [0, 0.05) is 0 Å². The van der Waals surface area contributed by atoms with Crippen LogP contribution in [-0.4, -0.2) is 15.2 Å². The molecule has 1 heterocycles. The molecule has 0 saturated heterocycles. The zero-order valence-electron chi connectivity index (χ0n) is 6.37. The van der Waals surface area contributed by atoms with Crippen molar-refractivity contribution in [3.63, 3.8) is 0 Å². The van der Waals surface area contributed by atoms with Crippen molar-refractivity contribution in [3.8, 4) is 0 Å². The van der Waals surface area contributed by atoms with Crippen LogP contribution in [0.4, 0.5) is 0 Å². The standard InChI is InChI=1S/C5H10N4.2ClH/c1-3(6)5-7-4(2)8-9-5;;/h3H,6H2,1-2H3,(H,7,8,9);2*1H/t3-;;/m0../s1. The Morgan fingerprint density at radius 2 is 2.00 bits per heavy atom. The van der Waals surface area contributed by atoms with Crippen LogP contribution >= 0.6 is 24.8 Å². The van der Waals surface area contributed by atoms with E-state index in [0.29, 0.717) is 5.82 Å². The van der Waals surface area contributed by atoms with E-state index in [2.05, 4.69) is 15.2 Å². The average Bonchev–Trinajstić information content (AvgIpc) is 2.14. The summed E-state index contributed by atoms with van der Waals surface area (Å²) >= 11 is 0. The van der Waals surface area contributed by atoms with Crippen molar-refractivity contribution in [2.45, 2.75) is 19.9 Å². The van der Waals surface area contributed by atoms with E-state index in [-0.39, 0.29) is 30.9 Å². The van der Waals surface area contributed by atoms with Crippen LogP contribution in [0.3, 0.4) is 0 Å². The molecule has 0 bridgehead atoms. The summed E-state index contributed by atoms with van der Waals surface area (Å²) in [6.07, 6.45) is 0. The van der Waals surface area contributed by atoms with Crippen LogP contribution in [0.25, 0.3) is 0 Å². The summed E-state index contributed by atoms with van der Waals surface area (Å²) in [7, 11) is 0. The van der Waals surface area contributed by atoms with E-state index in [4.69, 9.17) is 5.73 Å². The highest BCUT2D eigenvalue weighted by Gasteiger charge is 2.02. The third-order valence-electron chi connectivity index (χ3n) is 1.02. The molecule has 6 heteroatoms. The van der Waals surface area contributed by atoms with Gasteiger partial charge in [0.1, 0.15) is 5.82 Å². The van der Waals surface area contributed by atoms with E-state index in [1.54, 1.807) is 0 Å². The quantitative estimate of drug-likeness (QED) is 0.708. The minimum absolute atomic E-state index is 0. The van der Waals surface area contributed by atoms with Crippen molar-refractivity contribution in [2.24, 2.45) is 5.73 Å². The first-order valence-corrected chi connectivity index (χ1v) is 2.84. The monoisotopic (exact) mass is 198 g/mol. The Hall–Kier alpha value is -0.320. The van der Waals surface area contributed by atoms with E-state index >= 15 is 0 Å². The molecule has 0 saturated carbocycles. The predicted octanol–water partition coefficient (Wildman–Crippen LogP) is 0.976. The van der Waals surface area contributed by atoms with Gasteiger partial charge >= 0.3 is 0 Å². The average molecular weight is 199 g/mol. The highest BCUT2D eigenvalue weighted by atomic mass is 35.5. The molecule has 0 aromatic carbocycles. The van der Waals surface area contributed by atoms with Crippen molar-refractivity contribution in [1.29, 1.82) is 0 Å². The number of hydrogen-bond donors (Lipinski definition) is 2. The van der Waals surface area contributed by atoms with E-state index in [9.17, 15) is 0 Å². The van der Waals surface area contributed by atoms with Gasteiger partial charge in [0.2, 0.25) is 0 Å². The highest BCUT2D eigenvalue weighted by molar-refractivity contribution is 5.85. The molecule has 0 unspecified atom stereocenters. The maximum Gasteiger partial charge on any atom is 0.167 e. The molecule has 1 rings (SSSR count). The second-order valence-corrected chi connectivity index (χ2v) is 2.07. The largest absolute Gasteiger partial charge is 0.321 e. The van der Waals surface area contributed by atoms with E-state index in [1.807, 2.05) is 13.8 Å². The second-order valence-electron chi connectivity index (χ2n) is 2.07. The molecule has 0 aliphatic rings. The number of nitrogens with one attached hydrogen (secondary N) is 1. The Morgan fingerprint density at radius 3 is 2.18 bits per heavy atom. The van der Waals surface area contributed by atoms with Crippen LogP contribution in [0.1, 0.15) is 24.6 Å². The first-order valence-electron chi connectivity index (χ1n) is 2.84. The number of hydrogen-bond acceptors (Lipinski definition) is 3. The maximum absolute atomic E-state index is 5.48. The number of aryl methyl sites for hydroxylation is 1. The van der Waals surface area contributed by atoms with Gasteiger partial charge in [-0.3, -0.25) is 5.10 Å². The van der Waals surface area contributed by atoms with Gasteiger partial charge in [-0.15, -0.1) is 24.8 Å². The lowest BCUT2D eigenvalue weighted by Gasteiger charge is -1.93. The number of nitrogens with two attached hydrogens (primary N) is 1.